The first kappa shape index (κ1) is 24.3. The largest absolute Gasteiger partial charge is 0.491 e. The second kappa shape index (κ2) is 9.66. The molecule has 1 fully saturated rings. The number of benzene rings is 1. The van der Waals surface area contributed by atoms with Crippen LogP contribution in [-0.2, 0) is 19.6 Å². The highest BCUT2D eigenvalue weighted by Crippen LogP contribution is 2.33. The van der Waals surface area contributed by atoms with Gasteiger partial charge in [-0.3, -0.25) is 14.3 Å². The smallest absolute Gasteiger partial charge is 0.257 e. The van der Waals surface area contributed by atoms with Gasteiger partial charge in [0, 0.05) is 45.1 Å². The lowest BCUT2D eigenvalue weighted by Gasteiger charge is -2.36. The van der Waals surface area contributed by atoms with Gasteiger partial charge in [0.15, 0.2) is 0 Å². The zero-order valence-corrected chi connectivity index (χ0v) is 20.1. The first-order valence-electron chi connectivity index (χ1n) is 10.8. The van der Waals surface area contributed by atoms with Crippen LogP contribution in [0.15, 0.2) is 18.2 Å². The Morgan fingerprint density at radius 1 is 1.22 bits per heavy atom. The summed E-state index contributed by atoms with van der Waals surface area (Å²) in [6.45, 7) is 4.97. The van der Waals surface area contributed by atoms with E-state index >= 15 is 0 Å². The number of fused-ring (bicyclic) bond motifs is 1. The molecule has 2 amide bonds. The normalized spacial score (nSPS) is 25.3. The van der Waals surface area contributed by atoms with Crippen LogP contribution in [0.5, 0.6) is 5.75 Å². The molecule has 10 heteroatoms. The molecule has 3 atom stereocenters. The van der Waals surface area contributed by atoms with Crippen molar-refractivity contribution < 1.29 is 27.5 Å². The van der Waals surface area contributed by atoms with Crippen molar-refractivity contribution in [1.82, 2.24) is 9.80 Å². The van der Waals surface area contributed by atoms with Gasteiger partial charge >= 0.3 is 0 Å². The molecule has 32 heavy (non-hydrogen) atoms. The van der Waals surface area contributed by atoms with E-state index in [0.717, 1.165) is 19.1 Å². The Bertz CT molecular complexity index is 962. The average molecular weight is 468 g/mol. The van der Waals surface area contributed by atoms with E-state index < -0.39 is 10.0 Å². The molecule has 0 radical (unpaired) electrons. The molecule has 0 spiro atoms. The minimum Gasteiger partial charge on any atom is -0.491 e. The highest BCUT2D eigenvalue weighted by atomic mass is 32.2. The van der Waals surface area contributed by atoms with Crippen molar-refractivity contribution in [3.8, 4) is 5.75 Å². The molecule has 0 aromatic heterocycles. The summed E-state index contributed by atoms with van der Waals surface area (Å²) < 4.78 is 37.4. The van der Waals surface area contributed by atoms with E-state index in [0.29, 0.717) is 24.3 Å². The van der Waals surface area contributed by atoms with Crippen LogP contribution in [-0.4, -0.2) is 82.3 Å². The summed E-state index contributed by atoms with van der Waals surface area (Å²) in [6, 6.07) is 4.36. The molecule has 1 N–H and O–H groups in total. The van der Waals surface area contributed by atoms with Crippen molar-refractivity contribution in [2.45, 2.75) is 38.8 Å². The van der Waals surface area contributed by atoms with Crippen molar-refractivity contribution in [1.29, 1.82) is 0 Å². The second-order valence-corrected chi connectivity index (χ2v) is 10.7. The molecule has 0 unspecified atom stereocenters. The number of amides is 2. The zero-order valence-electron chi connectivity index (χ0n) is 19.3. The highest BCUT2D eigenvalue weighted by molar-refractivity contribution is 7.92. The number of sulfonamides is 1. The minimum atomic E-state index is -3.49. The van der Waals surface area contributed by atoms with Crippen LogP contribution in [0.1, 0.15) is 37.0 Å². The lowest BCUT2D eigenvalue weighted by molar-refractivity contribution is -0.136. The highest BCUT2D eigenvalue weighted by Gasteiger charge is 2.37. The monoisotopic (exact) mass is 467 g/mol. The third kappa shape index (κ3) is 5.92. The summed E-state index contributed by atoms with van der Waals surface area (Å²) >= 11 is 0. The maximum atomic E-state index is 13.2. The molecule has 1 saturated carbocycles. The second-order valence-electron chi connectivity index (χ2n) is 8.95. The Morgan fingerprint density at radius 3 is 2.50 bits per heavy atom. The van der Waals surface area contributed by atoms with Crippen molar-refractivity contribution in [2.75, 3.05) is 44.8 Å². The SMILES string of the molecule is CO[C@@H]1CN(C)C(=O)c2ccc(NS(C)(=O)=O)cc2OC[C@H](C)N(C(=O)C2CC2)C[C@H]1C. The van der Waals surface area contributed by atoms with E-state index in [4.69, 9.17) is 9.47 Å². The summed E-state index contributed by atoms with van der Waals surface area (Å²) in [5, 5.41) is 0. The summed E-state index contributed by atoms with van der Waals surface area (Å²) in [6.07, 6.45) is 2.62. The van der Waals surface area contributed by atoms with Gasteiger partial charge in [0.2, 0.25) is 15.9 Å². The molecule has 178 valence electrons. The Kier molecular flexibility index (Phi) is 7.34. The number of carbonyl (C=O) groups excluding carboxylic acids is 2. The number of likely N-dealkylation sites (N-methyl/N-ethyl adjacent to an activating group) is 1. The first-order valence-corrected chi connectivity index (χ1v) is 12.7. The molecule has 0 bridgehead atoms. The summed E-state index contributed by atoms with van der Waals surface area (Å²) in [5.41, 5.74) is 0.623. The van der Waals surface area contributed by atoms with E-state index in [1.54, 1.807) is 25.1 Å². The number of carbonyl (C=O) groups is 2. The van der Waals surface area contributed by atoms with Crippen LogP contribution in [0.2, 0.25) is 0 Å². The van der Waals surface area contributed by atoms with E-state index in [2.05, 4.69) is 4.72 Å². The maximum Gasteiger partial charge on any atom is 0.257 e. The maximum absolute atomic E-state index is 13.2. The number of hydrogen-bond donors (Lipinski definition) is 1. The summed E-state index contributed by atoms with van der Waals surface area (Å²) in [7, 11) is -0.186. The van der Waals surface area contributed by atoms with Gasteiger partial charge in [0.1, 0.15) is 12.4 Å². The fourth-order valence-electron chi connectivity index (χ4n) is 3.92. The lowest BCUT2D eigenvalue weighted by Crippen LogP contribution is -2.49. The molecule has 9 nitrogen and oxygen atoms in total. The minimum absolute atomic E-state index is 0.0145. The van der Waals surface area contributed by atoms with Crippen LogP contribution < -0.4 is 9.46 Å². The molecule has 1 aliphatic carbocycles. The van der Waals surface area contributed by atoms with Crippen LogP contribution in [0.4, 0.5) is 5.69 Å². The Labute approximate surface area is 190 Å². The summed E-state index contributed by atoms with van der Waals surface area (Å²) in [5.74, 6) is 0.223. The third-order valence-corrected chi connectivity index (χ3v) is 6.57. The molecule has 1 aliphatic heterocycles. The molecule has 1 aromatic rings. The quantitative estimate of drug-likeness (QED) is 0.724. The van der Waals surface area contributed by atoms with E-state index in [1.165, 1.54) is 12.1 Å². The van der Waals surface area contributed by atoms with Gasteiger partial charge in [-0.25, -0.2) is 8.42 Å². The van der Waals surface area contributed by atoms with E-state index in [-0.39, 0.29) is 48.2 Å². The Balaban J connectivity index is 1.97. The topological polar surface area (TPSA) is 105 Å². The lowest BCUT2D eigenvalue weighted by atomic mass is 10.0. The number of rotatable bonds is 4. The van der Waals surface area contributed by atoms with Gasteiger partial charge < -0.3 is 19.3 Å². The van der Waals surface area contributed by atoms with E-state index in [9.17, 15) is 18.0 Å². The van der Waals surface area contributed by atoms with Crippen LogP contribution in [0, 0.1) is 11.8 Å². The molecule has 1 heterocycles. The predicted molar refractivity (Wildman–Crippen MR) is 121 cm³/mol. The van der Waals surface area contributed by atoms with Crippen molar-refractivity contribution in [2.24, 2.45) is 11.8 Å². The molecule has 1 aromatic carbocycles. The van der Waals surface area contributed by atoms with Gasteiger partial charge in [-0.2, -0.15) is 0 Å². The Hall–Kier alpha value is -2.33. The zero-order chi connectivity index (χ0) is 23.6. The number of hydrogen-bond acceptors (Lipinski definition) is 6. The Morgan fingerprint density at radius 2 is 1.91 bits per heavy atom. The van der Waals surface area contributed by atoms with Crippen LogP contribution in [0.3, 0.4) is 0 Å². The standard InChI is InChI=1S/C22H33N3O6S/c1-14-11-25(21(26)16-6-7-16)15(2)13-31-19-10-17(23-32(5,28)29)8-9-18(19)22(27)24(3)12-20(14)30-4/h8-10,14-16,20,23H,6-7,11-13H2,1-5H3/t14-,15+,20-/m1/s1. The molecular weight excluding hydrogens is 434 g/mol. The number of nitrogens with one attached hydrogen (secondary N) is 1. The molecular formula is C22H33N3O6S. The number of anilines is 1. The molecule has 2 aliphatic rings. The fraction of sp³-hybridized carbons (Fsp3) is 0.636. The van der Waals surface area contributed by atoms with Gasteiger partial charge in [-0.1, -0.05) is 6.92 Å². The first-order chi connectivity index (χ1) is 15.0. The number of nitrogens with zero attached hydrogens (tertiary/aromatic N) is 2. The third-order valence-electron chi connectivity index (χ3n) is 5.96. The molecule has 3 rings (SSSR count). The van der Waals surface area contributed by atoms with Crippen LogP contribution in [0.25, 0.3) is 0 Å². The average Bonchev–Trinajstić information content (AvgIpc) is 3.56. The van der Waals surface area contributed by atoms with Crippen molar-refractivity contribution >= 4 is 27.5 Å². The van der Waals surface area contributed by atoms with Gasteiger partial charge in [-0.05, 0) is 31.9 Å². The fourth-order valence-corrected chi connectivity index (χ4v) is 4.48. The molecule has 0 saturated heterocycles. The van der Waals surface area contributed by atoms with Crippen molar-refractivity contribution in [3.05, 3.63) is 23.8 Å². The van der Waals surface area contributed by atoms with Gasteiger partial charge in [0.05, 0.1) is 29.7 Å². The number of ether oxygens (including phenoxy) is 2. The van der Waals surface area contributed by atoms with E-state index in [1.807, 2.05) is 18.7 Å². The van der Waals surface area contributed by atoms with Gasteiger partial charge in [0.25, 0.3) is 5.91 Å². The van der Waals surface area contributed by atoms with Gasteiger partial charge in [-0.15, -0.1) is 0 Å². The van der Waals surface area contributed by atoms with Crippen LogP contribution >= 0.6 is 0 Å². The number of methoxy groups -OCH3 is 1. The summed E-state index contributed by atoms with van der Waals surface area (Å²) in [4.78, 5) is 29.6. The van der Waals surface area contributed by atoms with Crippen molar-refractivity contribution in [3.63, 3.8) is 0 Å². The predicted octanol–water partition coefficient (Wildman–Crippen LogP) is 1.80.